The SMILES string of the molecule is COC(=O)[C@@H](Cc1ccccn1)N(CC1CCN(C(=O)OC(C)(C)C)CC1)C(=O)c1ccc(Cl)cc1N=[N+]=[N-]. The zero-order valence-electron chi connectivity index (χ0n) is 22.5. The molecule has 0 radical (unpaired) electrons. The lowest BCUT2D eigenvalue weighted by molar-refractivity contribution is -0.146. The Labute approximate surface area is 232 Å². The number of benzene rings is 1. The van der Waals surface area contributed by atoms with Gasteiger partial charge in [-0.15, -0.1) is 0 Å². The highest BCUT2D eigenvalue weighted by molar-refractivity contribution is 6.31. The van der Waals surface area contributed by atoms with E-state index in [0.29, 0.717) is 36.6 Å². The monoisotopic (exact) mass is 556 g/mol. The molecular formula is C27H33ClN6O5. The number of nitrogens with zero attached hydrogens (tertiary/aromatic N) is 6. The van der Waals surface area contributed by atoms with Gasteiger partial charge in [0.05, 0.1) is 12.8 Å². The van der Waals surface area contributed by atoms with Crippen LogP contribution >= 0.6 is 11.6 Å². The van der Waals surface area contributed by atoms with Gasteiger partial charge in [0, 0.05) is 53.4 Å². The third kappa shape index (κ3) is 8.33. The van der Waals surface area contributed by atoms with Crippen molar-refractivity contribution in [2.24, 2.45) is 11.0 Å². The van der Waals surface area contributed by atoms with E-state index < -0.39 is 23.5 Å². The molecule has 0 unspecified atom stereocenters. The number of methoxy groups -OCH3 is 1. The zero-order valence-corrected chi connectivity index (χ0v) is 23.3. The first-order chi connectivity index (χ1) is 18.5. The minimum atomic E-state index is -0.990. The van der Waals surface area contributed by atoms with Gasteiger partial charge in [0.2, 0.25) is 0 Å². The Kier molecular flexibility index (Phi) is 10.1. The summed E-state index contributed by atoms with van der Waals surface area (Å²) in [6, 6.07) is 8.74. The number of esters is 1. The third-order valence-corrected chi connectivity index (χ3v) is 6.54. The van der Waals surface area contributed by atoms with Crippen molar-refractivity contribution in [2.75, 3.05) is 26.7 Å². The smallest absolute Gasteiger partial charge is 0.410 e. The van der Waals surface area contributed by atoms with Crippen LogP contribution in [0, 0.1) is 5.92 Å². The van der Waals surface area contributed by atoms with Crippen LogP contribution in [0.15, 0.2) is 47.7 Å². The second-order valence-corrected chi connectivity index (χ2v) is 10.7. The van der Waals surface area contributed by atoms with Crippen LogP contribution in [-0.2, 0) is 20.7 Å². The number of piperidine rings is 1. The quantitative estimate of drug-likeness (QED) is 0.181. The highest BCUT2D eigenvalue weighted by Crippen LogP contribution is 2.29. The predicted molar refractivity (Wildman–Crippen MR) is 146 cm³/mol. The van der Waals surface area contributed by atoms with E-state index in [0.717, 1.165) is 0 Å². The van der Waals surface area contributed by atoms with Crippen molar-refractivity contribution in [1.82, 2.24) is 14.8 Å². The Morgan fingerprint density at radius 3 is 2.54 bits per heavy atom. The van der Waals surface area contributed by atoms with Gasteiger partial charge in [0.25, 0.3) is 5.91 Å². The number of aromatic nitrogens is 1. The highest BCUT2D eigenvalue weighted by atomic mass is 35.5. The zero-order chi connectivity index (χ0) is 28.6. The minimum Gasteiger partial charge on any atom is -0.467 e. The average Bonchev–Trinajstić information content (AvgIpc) is 2.90. The normalized spacial score (nSPS) is 14.6. The van der Waals surface area contributed by atoms with Gasteiger partial charge in [-0.25, -0.2) is 9.59 Å². The molecule has 1 aromatic carbocycles. The fourth-order valence-electron chi connectivity index (χ4n) is 4.40. The van der Waals surface area contributed by atoms with Gasteiger partial charge >= 0.3 is 12.1 Å². The third-order valence-electron chi connectivity index (χ3n) is 6.30. The van der Waals surface area contributed by atoms with E-state index in [-0.39, 0.29) is 36.2 Å². The summed E-state index contributed by atoms with van der Waals surface area (Å²) in [7, 11) is 1.27. The molecular weight excluding hydrogens is 524 g/mol. The first-order valence-electron chi connectivity index (χ1n) is 12.6. The molecule has 1 aliphatic heterocycles. The molecule has 0 N–H and O–H groups in total. The van der Waals surface area contributed by atoms with Crippen LogP contribution in [0.2, 0.25) is 5.02 Å². The number of likely N-dealkylation sites (tertiary alicyclic amines) is 1. The van der Waals surface area contributed by atoms with E-state index in [2.05, 4.69) is 15.0 Å². The molecule has 2 aromatic rings. The van der Waals surface area contributed by atoms with Crippen molar-refractivity contribution in [3.05, 3.63) is 69.3 Å². The lowest BCUT2D eigenvalue weighted by Gasteiger charge is -2.37. The van der Waals surface area contributed by atoms with E-state index in [4.69, 9.17) is 26.6 Å². The number of carbonyl (C=O) groups is 3. The van der Waals surface area contributed by atoms with Gasteiger partial charge in [0.1, 0.15) is 11.6 Å². The Hall–Kier alpha value is -3.82. The van der Waals surface area contributed by atoms with Crippen molar-refractivity contribution in [3.8, 4) is 0 Å². The van der Waals surface area contributed by atoms with Gasteiger partial charge in [0.15, 0.2) is 0 Å². The topological polar surface area (TPSA) is 138 Å². The molecule has 2 amide bonds. The lowest BCUT2D eigenvalue weighted by atomic mass is 9.94. The highest BCUT2D eigenvalue weighted by Gasteiger charge is 2.36. The van der Waals surface area contributed by atoms with Gasteiger partial charge in [-0.05, 0) is 75.4 Å². The van der Waals surface area contributed by atoms with Gasteiger partial charge in [-0.3, -0.25) is 9.78 Å². The minimum absolute atomic E-state index is 0.0151. The molecule has 0 saturated carbocycles. The van der Waals surface area contributed by atoms with Gasteiger partial charge < -0.3 is 19.3 Å². The molecule has 208 valence electrons. The second-order valence-electron chi connectivity index (χ2n) is 10.3. The summed E-state index contributed by atoms with van der Waals surface area (Å²) >= 11 is 6.08. The van der Waals surface area contributed by atoms with Gasteiger partial charge in [-0.1, -0.05) is 22.8 Å². The van der Waals surface area contributed by atoms with Crippen molar-refractivity contribution in [3.63, 3.8) is 0 Å². The van der Waals surface area contributed by atoms with Crippen LogP contribution in [0.1, 0.15) is 49.7 Å². The summed E-state index contributed by atoms with van der Waals surface area (Å²) in [6.07, 6.45) is 2.56. The molecule has 12 heteroatoms. The van der Waals surface area contributed by atoms with Gasteiger partial charge in [-0.2, -0.15) is 0 Å². The number of hydrogen-bond acceptors (Lipinski definition) is 7. The van der Waals surface area contributed by atoms with E-state index in [1.165, 1.54) is 30.2 Å². The average molecular weight is 557 g/mol. The van der Waals surface area contributed by atoms with E-state index >= 15 is 0 Å². The largest absolute Gasteiger partial charge is 0.467 e. The molecule has 0 bridgehead atoms. The molecule has 1 atom stereocenters. The summed E-state index contributed by atoms with van der Waals surface area (Å²) in [5.41, 5.74) is 9.23. The molecule has 0 aliphatic carbocycles. The number of rotatable bonds is 8. The van der Waals surface area contributed by atoms with Crippen LogP contribution < -0.4 is 0 Å². The number of pyridine rings is 1. The van der Waals surface area contributed by atoms with Crippen LogP contribution in [0.3, 0.4) is 0 Å². The maximum atomic E-state index is 14.0. The molecule has 1 aromatic heterocycles. The molecule has 1 aliphatic rings. The number of azide groups is 1. The first kappa shape index (κ1) is 29.7. The summed E-state index contributed by atoms with van der Waals surface area (Å²) in [5.74, 6) is -1.12. The first-order valence-corrected chi connectivity index (χ1v) is 13.0. The summed E-state index contributed by atoms with van der Waals surface area (Å²) < 4.78 is 10.6. The van der Waals surface area contributed by atoms with E-state index in [9.17, 15) is 14.4 Å². The Morgan fingerprint density at radius 1 is 1.23 bits per heavy atom. The molecule has 3 rings (SSSR count). The van der Waals surface area contributed by atoms with Crippen molar-refractivity contribution in [2.45, 2.75) is 51.7 Å². The Morgan fingerprint density at radius 2 is 1.95 bits per heavy atom. The van der Waals surface area contributed by atoms with Crippen molar-refractivity contribution in [1.29, 1.82) is 0 Å². The summed E-state index contributed by atoms with van der Waals surface area (Å²) in [4.78, 5) is 49.8. The Bertz CT molecular complexity index is 1220. The number of amides is 2. The molecule has 1 fully saturated rings. The van der Waals surface area contributed by atoms with E-state index in [1.54, 1.807) is 29.3 Å². The number of ether oxygens (including phenoxy) is 2. The van der Waals surface area contributed by atoms with Crippen molar-refractivity contribution < 1.29 is 23.9 Å². The second kappa shape index (κ2) is 13.3. The Balaban J connectivity index is 1.91. The lowest BCUT2D eigenvalue weighted by Crippen LogP contribution is -2.51. The van der Waals surface area contributed by atoms with Crippen LogP contribution in [0.25, 0.3) is 10.4 Å². The fourth-order valence-corrected chi connectivity index (χ4v) is 4.57. The van der Waals surface area contributed by atoms with E-state index in [1.807, 2.05) is 20.8 Å². The summed E-state index contributed by atoms with van der Waals surface area (Å²) in [5, 5.41) is 3.95. The molecule has 11 nitrogen and oxygen atoms in total. The predicted octanol–water partition coefficient (Wildman–Crippen LogP) is 5.55. The number of hydrogen-bond donors (Lipinski definition) is 0. The molecule has 39 heavy (non-hydrogen) atoms. The summed E-state index contributed by atoms with van der Waals surface area (Å²) in [6.45, 7) is 6.57. The number of halogens is 1. The maximum absolute atomic E-state index is 14.0. The molecule has 0 spiro atoms. The molecule has 2 heterocycles. The molecule has 1 saturated heterocycles. The van der Waals surface area contributed by atoms with Crippen LogP contribution in [0.4, 0.5) is 10.5 Å². The van der Waals surface area contributed by atoms with Crippen LogP contribution in [-0.4, -0.2) is 71.1 Å². The standard InChI is InChI=1S/C27H33ClN6O5/c1-27(2,3)39-26(37)33-13-10-18(11-14-33)17-34(23(25(36)38-4)16-20-7-5-6-12-30-20)24(35)21-9-8-19(28)15-22(21)31-32-29/h5-9,12,15,18,23H,10-11,13-14,16-17H2,1-4H3/t23-/m1/s1. The van der Waals surface area contributed by atoms with Crippen LogP contribution in [0.5, 0.6) is 0 Å². The van der Waals surface area contributed by atoms with Crippen molar-refractivity contribution >= 4 is 35.3 Å². The number of carbonyl (C=O) groups excluding carboxylic acids is 3. The maximum Gasteiger partial charge on any atom is 0.410 e. The fraction of sp³-hybridized carbons (Fsp3) is 0.481.